The molecule has 0 spiro atoms. The van der Waals surface area contributed by atoms with E-state index in [9.17, 15) is 14.7 Å². The highest BCUT2D eigenvalue weighted by molar-refractivity contribution is 5.88. The smallest absolute Gasteiger partial charge is 0.253 e. The highest BCUT2D eigenvalue weighted by Gasteiger charge is 2.22. The lowest BCUT2D eigenvalue weighted by Crippen LogP contribution is -2.36. The number of fused-ring (bicyclic) bond motifs is 1. The number of aryl methyl sites for hydroxylation is 1. The minimum Gasteiger partial charge on any atom is -0.508 e. The Morgan fingerprint density at radius 1 is 1.11 bits per heavy atom. The van der Waals surface area contributed by atoms with Crippen LogP contribution >= 0.6 is 0 Å². The fourth-order valence-corrected chi connectivity index (χ4v) is 3.21. The number of nitrogens with one attached hydrogen (secondary N) is 3. The van der Waals surface area contributed by atoms with Crippen molar-refractivity contribution in [2.45, 2.75) is 19.9 Å². The number of anilines is 3. The first kappa shape index (κ1) is 16.8. The van der Waals surface area contributed by atoms with E-state index in [1.54, 1.807) is 24.5 Å². The molecule has 0 radical (unpaired) electrons. The molecule has 0 atom stereocenters. The molecule has 0 saturated carbocycles. The van der Waals surface area contributed by atoms with Crippen LogP contribution in [0.2, 0.25) is 0 Å². The third-order valence-corrected chi connectivity index (χ3v) is 4.60. The Kier molecular flexibility index (Phi) is 4.12. The van der Waals surface area contributed by atoms with Crippen LogP contribution < -0.4 is 21.5 Å². The predicted molar refractivity (Wildman–Crippen MR) is 106 cm³/mol. The molecule has 4 aromatic rings. The van der Waals surface area contributed by atoms with Crippen molar-refractivity contribution in [3.63, 3.8) is 0 Å². The van der Waals surface area contributed by atoms with Crippen molar-refractivity contribution in [2.75, 3.05) is 10.6 Å². The SMILES string of the molecule is CCc1c(Nc2c(NCc3cccc(O)c3)c(=O)c2=O)ccc2[nH]cnc12. The Hall–Kier alpha value is -3.61. The maximum atomic E-state index is 12.1. The second-order valence-electron chi connectivity index (χ2n) is 6.30. The van der Waals surface area contributed by atoms with Crippen LogP contribution in [0, 0.1) is 0 Å². The lowest BCUT2D eigenvalue weighted by atomic mass is 10.1. The molecular formula is C20H18N4O3. The molecular weight excluding hydrogens is 344 g/mol. The van der Waals surface area contributed by atoms with Crippen molar-refractivity contribution in [1.29, 1.82) is 0 Å². The van der Waals surface area contributed by atoms with Crippen LogP contribution in [0.15, 0.2) is 52.3 Å². The summed E-state index contributed by atoms with van der Waals surface area (Å²) in [5, 5.41) is 15.6. The van der Waals surface area contributed by atoms with E-state index in [4.69, 9.17) is 0 Å². The number of hydrogen-bond donors (Lipinski definition) is 4. The quantitative estimate of drug-likeness (QED) is 0.393. The van der Waals surface area contributed by atoms with Gasteiger partial charge in [-0.3, -0.25) is 9.59 Å². The molecule has 3 aromatic carbocycles. The van der Waals surface area contributed by atoms with E-state index in [1.807, 2.05) is 25.1 Å². The molecule has 27 heavy (non-hydrogen) atoms. The monoisotopic (exact) mass is 362 g/mol. The van der Waals surface area contributed by atoms with E-state index in [0.717, 1.165) is 34.3 Å². The lowest BCUT2D eigenvalue weighted by Gasteiger charge is -2.17. The van der Waals surface area contributed by atoms with E-state index in [-0.39, 0.29) is 17.1 Å². The molecule has 0 amide bonds. The van der Waals surface area contributed by atoms with Gasteiger partial charge in [0, 0.05) is 17.8 Å². The topological polar surface area (TPSA) is 107 Å². The van der Waals surface area contributed by atoms with E-state index >= 15 is 0 Å². The van der Waals surface area contributed by atoms with Gasteiger partial charge in [-0.05, 0) is 36.2 Å². The Balaban J connectivity index is 1.61. The zero-order valence-corrected chi connectivity index (χ0v) is 14.7. The standard InChI is InChI=1S/C20H18N4O3/c1-2-13-14(6-7-15-16(13)23-10-22-15)24-18-17(19(26)20(18)27)21-9-11-4-3-5-12(25)8-11/h3-8,10,21,24-25H,2,9H2,1H3,(H,22,23). The number of phenols is 1. The molecule has 4 rings (SSSR count). The third kappa shape index (κ3) is 2.93. The average Bonchev–Trinajstić information content (AvgIpc) is 3.15. The number of phenolic OH excluding ortho intramolecular Hbond substituents is 1. The largest absolute Gasteiger partial charge is 0.508 e. The molecule has 0 fully saturated rings. The maximum absolute atomic E-state index is 12.1. The molecule has 136 valence electrons. The van der Waals surface area contributed by atoms with Gasteiger partial charge in [-0.2, -0.15) is 0 Å². The maximum Gasteiger partial charge on any atom is 0.253 e. The van der Waals surface area contributed by atoms with E-state index in [1.165, 1.54) is 0 Å². The molecule has 0 saturated heterocycles. The van der Waals surface area contributed by atoms with Gasteiger partial charge in [0.15, 0.2) is 0 Å². The first-order valence-corrected chi connectivity index (χ1v) is 8.65. The molecule has 7 heteroatoms. The van der Waals surface area contributed by atoms with Crippen molar-refractivity contribution in [2.24, 2.45) is 0 Å². The number of imidazole rings is 1. The van der Waals surface area contributed by atoms with Gasteiger partial charge in [0.25, 0.3) is 10.9 Å². The Morgan fingerprint density at radius 3 is 2.70 bits per heavy atom. The van der Waals surface area contributed by atoms with E-state index in [0.29, 0.717) is 6.54 Å². The fraction of sp³-hybridized carbons (Fsp3) is 0.150. The Morgan fingerprint density at radius 2 is 1.93 bits per heavy atom. The van der Waals surface area contributed by atoms with Crippen LogP contribution in [0.1, 0.15) is 18.1 Å². The number of aromatic hydroxyl groups is 1. The van der Waals surface area contributed by atoms with Crippen molar-refractivity contribution in [3.8, 4) is 5.75 Å². The van der Waals surface area contributed by atoms with E-state index < -0.39 is 10.9 Å². The molecule has 0 aliphatic carbocycles. The number of benzene rings is 2. The molecule has 0 aliphatic heterocycles. The van der Waals surface area contributed by atoms with Gasteiger partial charge in [0.2, 0.25) is 0 Å². The van der Waals surface area contributed by atoms with Gasteiger partial charge < -0.3 is 20.7 Å². The Labute approximate surface area is 154 Å². The van der Waals surface area contributed by atoms with Crippen LogP contribution in [0.4, 0.5) is 17.1 Å². The highest BCUT2D eigenvalue weighted by Crippen LogP contribution is 2.29. The second kappa shape index (κ2) is 6.60. The number of aromatic amines is 1. The zero-order chi connectivity index (χ0) is 19.0. The fourth-order valence-electron chi connectivity index (χ4n) is 3.21. The zero-order valence-electron chi connectivity index (χ0n) is 14.7. The van der Waals surface area contributed by atoms with Gasteiger partial charge in [0.1, 0.15) is 17.1 Å². The molecule has 0 aliphatic rings. The van der Waals surface area contributed by atoms with Gasteiger partial charge in [-0.25, -0.2) is 4.98 Å². The summed E-state index contributed by atoms with van der Waals surface area (Å²) in [5.74, 6) is 0.150. The average molecular weight is 362 g/mol. The second-order valence-corrected chi connectivity index (χ2v) is 6.30. The summed E-state index contributed by atoms with van der Waals surface area (Å²) in [5.41, 5.74) is 3.72. The number of rotatable bonds is 6. The van der Waals surface area contributed by atoms with Gasteiger partial charge >= 0.3 is 0 Å². The van der Waals surface area contributed by atoms with Crippen molar-refractivity contribution < 1.29 is 5.11 Å². The summed E-state index contributed by atoms with van der Waals surface area (Å²) in [6.07, 6.45) is 2.36. The van der Waals surface area contributed by atoms with Crippen LogP contribution in [0.3, 0.4) is 0 Å². The first-order valence-electron chi connectivity index (χ1n) is 8.65. The summed E-state index contributed by atoms with van der Waals surface area (Å²) in [6.45, 7) is 2.34. The number of H-pyrrole nitrogens is 1. The minimum absolute atomic E-state index is 0.150. The molecule has 0 bridgehead atoms. The number of hydrogen-bond acceptors (Lipinski definition) is 6. The molecule has 0 unspecified atom stereocenters. The summed E-state index contributed by atoms with van der Waals surface area (Å²) in [4.78, 5) is 31.5. The van der Waals surface area contributed by atoms with Gasteiger partial charge in [-0.1, -0.05) is 19.1 Å². The summed E-state index contributed by atoms with van der Waals surface area (Å²) >= 11 is 0. The predicted octanol–water partition coefficient (Wildman–Crippen LogP) is 2.78. The molecule has 1 heterocycles. The minimum atomic E-state index is -0.545. The normalized spacial score (nSPS) is 11.1. The van der Waals surface area contributed by atoms with E-state index in [2.05, 4.69) is 20.6 Å². The summed E-state index contributed by atoms with van der Waals surface area (Å²) in [6, 6.07) is 10.5. The third-order valence-electron chi connectivity index (χ3n) is 4.60. The van der Waals surface area contributed by atoms with Crippen molar-refractivity contribution >= 4 is 28.1 Å². The number of aromatic nitrogens is 2. The van der Waals surface area contributed by atoms with Crippen LogP contribution in [-0.4, -0.2) is 15.1 Å². The summed E-state index contributed by atoms with van der Waals surface area (Å²) in [7, 11) is 0. The van der Waals surface area contributed by atoms with Crippen molar-refractivity contribution in [1.82, 2.24) is 9.97 Å². The van der Waals surface area contributed by atoms with Gasteiger partial charge in [-0.15, -0.1) is 0 Å². The van der Waals surface area contributed by atoms with Crippen LogP contribution in [0.25, 0.3) is 11.0 Å². The Bertz CT molecular complexity index is 1200. The molecule has 4 N–H and O–H groups in total. The molecule has 1 aromatic heterocycles. The van der Waals surface area contributed by atoms with Crippen LogP contribution in [0.5, 0.6) is 5.75 Å². The molecule has 7 nitrogen and oxygen atoms in total. The first-order chi connectivity index (χ1) is 13.1. The van der Waals surface area contributed by atoms with Gasteiger partial charge in [0.05, 0.1) is 17.4 Å². The highest BCUT2D eigenvalue weighted by atomic mass is 16.3. The summed E-state index contributed by atoms with van der Waals surface area (Å²) < 4.78 is 0. The van der Waals surface area contributed by atoms with Crippen molar-refractivity contribution in [3.05, 3.63) is 74.3 Å². The lowest BCUT2D eigenvalue weighted by molar-refractivity contribution is 0.474. The number of nitrogens with zero attached hydrogens (tertiary/aromatic N) is 1. The van der Waals surface area contributed by atoms with Crippen LogP contribution in [-0.2, 0) is 13.0 Å².